The van der Waals surface area contributed by atoms with E-state index in [1.54, 1.807) is 29.2 Å². The van der Waals surface area contributed by atoms with E-state index in [2.05, 4.69) is 4.72 Å². The highest BCUT2D eigenvalue weighted by Crippen LogP contribution is 2.25. The Morgan fingerprint density at radius 3 is 2.36 bits per heavy atom. The van der Waals surface area contributed by atoms with Gasteiger partial charge in [-0.05, 0) is 50.2 Å². The van der Waals surface area contributed by atoms with E-state index in [1.165, 1.54) is 31.2 Å². The number of nitrogens with zero attached hydrogens (tertiary/aromatic N) is 1. The monoisotopic (exact) mass is 402 g/mol. The van der Waals surface area contributed by atoms with Crippen LogP contribution in [0.3, 0.4) is 0 Å². The molecule has 2 aromatic carbocycles. The summed E-state index contributed by atoms with van der Waals surface area (Å²) in [6.07, 6.45) is 0.0813. The molecule has 8 heteroatoms. The van der Waals surface area contributed by atoms with Crippen molar-refractivity contribution in [3.8, 4) is 5.75 Å². The Hall–Kier alpha value is -2.71. The van der Waals surface area contributed by atoms with Crippen molar-refractivity contribution >= 4 is 27.4 Å². The smallest absolute Gasteiger partial charge is 0.240 e. The molecule has 2 aromatic rings. The molecule has 0 spiro atoms. The molecule has 1 heterocycles. The quantitative estimate of drug-likeness (QED) is 0.718. The average molecular weight is 402 g/mol. The molecule has 1 N–H and O–H groups in total. The topological polar surface area (TPSA) is 92.8 Å². The van der Waals surface area contributed by atoms with Crippen molar-refractivity contribution in [2.45, 2.75) is 31.2 Å². The third-order valence-corrected chi connectivity index (χ3v) is 6.01. The number of sulfonamides is 1. The van der Waals surface area contributed by atoms with Crippen LogP contribution in [0.5, 0.6) is 5.75 Å². The van der Waals surface area contributed by atoms with Crippen molar-refractivity contribution in [3.05, 3.63) is 54.1 Å². The van der Waals surface area contributed by atoms with Gasteiger partial charge in [-0.25, -0.2) is 13.1 Å². The lowest BCUT2D eigenvalue weighted by Gasteiger charge is -2.18. The number of rotatable bonds is 7. The molecule has 0 radical (unpaired) electrons. The number of carbonyl (C=O) groups excluding carboxylic acids is 2. The Balaban J connectivity index is 1.69. The Kier molecular flexibility index (Phi) is 5.81. The number of hydrogen-bond acceptors (Lipinski definition) is 5. The second-order valence-corrected chi connectivity index (χ2v) is 8.25. The van der Waals surface area contributed by atoms with E-state index in [0.717, 1.165) is 0 Å². The molecule has 1 fully saturated rings. The second-order valence-electron chi connectivity index (χ2n) is 6.53. The van der Waals surface area contributed by atoms with E-state index in [4.69, 9.17) is 4.74 Å². The molecule has 1 saturated heterocycles. The van der Waals surface area contributed by atoms with Crippen molar-refractivity contribution in [3.63, 3.8) is 0 Å². The van der Waals surface area contributed by atoms with E-state index < -0.39 is 16.1 Å². The van der Waals surface area contributed by atoms with Crippen LogP contribution in [0.4, 0.5) is 5.69 Å². The van der Waals surface area contributed by atoms with Crippen LogP contribution in [0.25, 0.3) is 0 Å². The molecular formula is C20H22N2O5S. The van der Waals surface area contributed by atoms with Gasteiger partial charge in [-0.15, -0.1) is 0 Å². The van der Waals surface area contributed by atoms with Crippen LogP contribution < -0.4 is 14.4 Å². The van der Waals surface area contributed by atoms with Crippen molar-refractivity contribution < 1.29 is 22.7 Å². The van der Waals surface area contributed by atoms with Gasteiger partial charge in [0.1, 0.15) is 5.75 Å². The molecule has 0 unspecified atom stereocenters. The SMILES string of the molecule is CCOc1ccc(N2C[C@@H](NS(=O)(=O)c3ccc(C(C)=O)cc3)CC2=O)cc1. The lowest BCUT2D eigenvalue weighted by Crippen LogP contribution is -2.37. The predicted molar refractivity (Wildman–Crippen MR) is 105 cm³/mol. The summed E-state index contributed by atoms with van der Waals surface area (Å²) in [5.74, 6) is 0.428. The van der Waals surface area contributed by atoms with Crippen LogP contribution in [-0.4, -0.2) is 39.3 Å². The lowest BCUT2D eigenvalue weighted by molar-refractivity contribution is -0.117. The Morgan fingerprint density at radius 1 is 1.14 bits per heavy atom. The molecule has 0 aliphatic carbocycles. The molecule has 3 rings (SSSR count). The normalized spacial score (nSPS) is 17.0. The third-order valence-electron chi connectivity index (χ3n) is 4.48. The maximum Gasteiger partial charge on any atom is 0.240 e. The number of benzene rings is 2. The van der Waals surface area contributed by atoms with Crippen molar-refractivity contribution in [2.24, 2.45) is 0 Å². The first-order chi connectivity index (χ1) is 13.3. The van der Waals surface area contributed by atoms with Gasteiger partial charge in [-0.2, -0.15) is 0 Å². The minimum atomic E-state index is -3.79. The molecule has 28 heavy (non-hydrogen) atoms. The second kappa shape index (κ2) is 8.12. The summed E-state index contributed by atoms with van der Waals surface area (Å²) < 4.78 is 33.2. The highest BCUT2D eigenvalue weighted by atomic mass is 32.2. The van der Waals surface area contributed by atoms with Gasteiger partial charge < -0.3 is 9.64 Å². The van der Waals surface area contributed by atoms with Crippen molar-refractivity contribution in [2.75, 3.05) is 18.1 Å². The minimum absolute atomic E-state index is 0.0597. The van der Waals surface area contributed by atoms with Gasteiger partial charge in [0.15, 0.2) is 5.78 Å². The van der Waals surface area contributed by atoms with E-state index >= 15 is 0 Å². The fraction of sp³-hybridized carbons (Fsp3) is 0.300. The van der Waals surface area contributed by atoms with Gasteiger partial charge in [0.2, 0.25) is 15.9 Å². The van der Waals surface area contributed by atoms with Crippen LogP contribution in [0.15, 0.2) is 53.4 Å². The first kappa shape index (κ1) is 20.0. The van der Waals surface area contributed by atoms with E-state index in [9.17, 15) is 18.0 Å². The van der Waals surface area contributed by atoms with E-state index in [1.807, 2.05) is 6.92 Å². The van der Waals surface area contributed by atoms with Gasteiger partial charge in [-0.3, -0.25) is 9.59 Å². The van der Waals surface area contributed by atoms with Crippen LogP contribution in [-0.2, 0) is 14.8 Å². The standard InChI is InChI=1S/C20H22N2O5S/c1-3-27-18-8-6-17(7-9-18)22-13-16(12-20(22)24)21-28(25,26)19-10-4-15(5-11-19)14(2)23/h4-11,16,21H,3,12-13H2,1-2H3/t16-/m0/s1. The molecule has 7 nitrogen and oxygen atoms in total. The van der Waals surface area contributed by atoms with Crippen molar-refractivity contribution in [1.82, 2.24) is 4.72 Å². The molecule has 0 aromatic heterocycles. The number of anilines is 1. The summed E-state index contributed by atoms with van der Waals surface area (Å²) in [7, 11) is -3.79. The Labute approximate surface area is 164 Å². The molecular weight excluding hydrogens is 380 g/mol. The Bertz CT molecular complexity index is 969. The zero-order valence-corrected chi connectivity index (χ0v) is 16.5. The van der Waals surface area contributed by atoms with Crippen LogP contribution in [0, 0.1) is 0 Å². The first-order valence-corrected chi connectivity index (χ1v) is 10.4. The number of amides is 1. The molecule has 1 amide bonds. The highest BCUT2D eigenvalue weighted by Gasteiger charge is 2.33. The summed E-state index contributed by atoms with van der Waals surface area (Å²) in [6.45, 7) is 4.11. The number of Topliss-reactive ketones (excluding diaryl/α,β-unsaturated/α-hetero) is 1. The number of ether oxygens (including phenoxy) is 1. The fourth-order valence-corrected chi connectivity index (χ4v) is 4.31. The molecule has 1 aliphatic heterocycles. The number of hydrogen-bond donors (Lipinski definition) is 1. The average Bonchev–Trinajstić information content (AvgIpc) is 3.02. The van der Waals surface area contributed by atoms with Gasteiger partial charge in [0.25, 0.3) is 0 Å². The van der Waals surface area contributed by atoms with Gasteiger partial charge in [0.05, 0.1) is 11.5 Å². The Morgan fingerprint density at radius 2 is 1.79 bits per heavy atom. The van der Waals surface area contributed by atoms with Crippen LogP contribution >= 0.6 is 0 Å². The van der Waals surface area contributed by atoms with Crippen LogP contribution in [0.2, 0.25) is 0 Å². The summed E-state index contributed by atoms with van der Waals surface area (Å²) in [4.78, 5) is 25.3. The fourth-order valence-electron chi connectivity index (χ4n) is 3.08. The van der Waals surface area contributed by atoms with Gasteiger partial charge in [-0.1, -0.05) is 12.1 Å². The summed E-state index contributed by atoms with van der Waals surface area (Å²) in [6, 6.07) is 12.3. The maximum atomic E-state index is 12.6. The van der Waals surface area contributed by atoms with Gasteiger partial charge >= 0.3 is 0 Å². The number of ketones is 1. The highest BCUT2D eigenvalue weighted by molar-refractivity contribution is 7.89. The molecule has 0 bridgehead atoms. The summed E-state index contributed by atoms with van der Waals surface area (Å²) >= 11 is 0. The first-order valence-electron chi connectivity index (χ1n) is 8.96. The molecule has 0 saturated carbocycles. The van der Waals surface area contributed by atoms with Gasteiger partial charge in [0, 0.05) is 30.3 Å². The lowest BCUT2D eigenvalue weighted by atomic mass is 10.2. The summed E-state index contributed by atoms with van der Waals surface area (Å²) in [5, 5.41) is 0. The minimum Gasteiger partial charge on any atom is -0.494 e. The largest absolute Gasteiger partial charge is 0.494 e. The maximum absolute atomic E-state index is 12.6. The zero-order chi connectivity index (χ0) is 20.3. The third kappa shape index (κ3) is 4.40. The number of nitrogens with one attached hydrogen (secondary N) is 1. The molecule has 148 valence electrons. The zero-order valence-electron chi connectivity index (χ0n) is 15.7. The molecule has 1 aliphatic rings. The van der Waals surface area contributed by atoms with Crippen molar-refractivity contribution in [1.29, 1.82) is 0 Å². The number of carbonyl (C=O) groups is 2. The summed E-state index contributed by atoms with van der Waals surface area (Å²) in [5.41, 5.74) is 1.14. The predicted octanol–water partition coefficient (Wildman–Crippen LogP) is 2.37. The van der Waals surface area contributed by atoms with E-state index in [-0.39, 0.29) is 29.6 Å². The van der Waals surface area contributed by atoms with Crippen LogP contribution in [0.1, 0.15) is 30.6 Å². The van der Waals surface area contributed by atoms with E-state index in [0.29, 0.717) is 23.6 Å². The molecule has 1 atom stereocenters.